The molecule has 1 fully saturated rings. The van der Waals surface area contributed by atoms with Gasteiger partial charge in [0.1, 0.15) is 0 Å². The van der Waals surface area contributed by atoms with Crippen molar-refractivity contribution in [3.05, 3.63) is 48.6 Å². The number of rotatable bonds is 5. The Morgan fingerprint density at radius 3 is 2.24 bits per heavy atom. The van der Waals surface area contributed by atoms with E-state index in [-0.39, 0.29) is 6.42 Å². The first-order valence-corrected chi connectivity index (χ1v) is 7.64. The molecule has 0 saturated carbocycles. The van der Waals surface area contributed by atoms with E-state index in [0.717, 1.165) is 5.56 Å². The molecule has 1 heterocycles. The molecule has 0 aromatic heterocycles. The van der Waals surface area contributed by atoms with Gasteiger partial charge in [-0.15, -0.1) is 18.3 Å². The van der Waals surface area contributed by atoms with Gasteiger partial charge in [0.05, 0.1) is 0 Å². The Bertz CT molecular complexity index is 531. The van der Waals surface area contributed by atoms with E-state index >= 15 is 0 Å². The maximum absolute atomic E-state index is 12.4. The third-order valence-electron chi connectivity index (χ3n) is 3.10. The van der Waals surface area contributed by atoms with Crippen LogP contribution in [0.5, 0.6) is 0 Å². The van der Waals surface area contributed by atoms with Gasteiger partial charge in [-0.1, -0.05) is 36.4 Å². The molecular formula is C16H18O4S. The van der Waals surface area contributed by atoms with Gasteiger partial charge in [-0.3, -0.25) is 0 Å². The second-order valence-corrected chi connectivity index (χ2v) is 6.55. The number of carbonyl (C=O) groups is 2. The minimum Gasteiger partial charge on any atom is -0.422 e. The molecule has 0 atom stereocenters. The number of esters is 2. The minimum absolute atomic E-state index is 0.179. The summed E-state index contributed by atoms with van der Waals surface area (Å²) in [6.07, 6.45) is 1.72. The van der Waals surface area contributed by atoms with Crippen LogP contribution in [0.15, 0.2) is 43.0 Å². The van der Waals surface area contributed by atoms with Crippen LogP contribution in [-0.4, -0.2) is 22.5 Å². The SMILES string of the molecule is C=CCC1(SCc2ccccc2)C(=O)OC(C)(C)OC1=O. The quantitative estimate of drug-likeness (QED) is 0.475. The highest BCUT2D eigenvalue weighted by molar-refractivity contribution is 8.01. The zero-order chi connectivity index (χ0) is 15.5. The summed E-state index contributed by atoms with van der Waals surface area (Å²) in [5, 5.41) is 0. The van der Waals surface area contributed by atoms with E-state index in [2.05, 4.69) is 6.58 Å². The van der Waals surface area contributed by atoms with Crippen LogP contribution in [0.3, 0.4) is 0 Å². The lowest BCUT2D eigenvalue weighted by Crippen LogP contribution is -2.56. The van der Waals surface area contributed by atoms with Crippen LogP contribution in [0.4, 0.5) is 0 Å². The monoisotopic (exact) mass is 306 g/mol. The first-order valence-electron chi connectivity index (χ1n) is 6.65. The number of hydrogen-bond donors (Lipinski definition) is 0. The number of ether oxygens (including phenoxy) is 2. The van der Waals surface area contributed by atoms with Crippen molar-refractivity contribution in [1.29, 1.82) is 0 Å². The fourth-order valence-electron chi connectivity index (χ4n) is 2.04. The van der Waals surface area contributed by atoms with Gasteiger partial charge in [0, 0.05) is 26.0 Å². The van der Waals surface area contributed by atoms with Crippen molar-refractivity contribution < 1.29 is 19.1 Å². The van der Waals surface area contributed by atoms with Gasteiger partial charge in [0.15, 0.2) is 0 Å². The Kier molecular flexibility index (Phi) is 4.42. The lowest BCUT2D eigenvalue weighted by molar-refractivity contribution is -0.236. The van der Waals surface area contributed by atoms with Crippen LogP contribution in [0.2, 0.25) is 0 Å². The first kappa shape index (κ1) is 15.6. The summed E-state index contributed by atoms with van der Waals surface area (Å²) in [6.45, 7) is 6.72. The van der Waals surface area contributed by atoms with Crippen LogP contribution in [-0.2, 0) is 24.8 Å². The topological polar surface area (TPSA) is 52.6 Å². The zero-order valence-electron chi connectivity index (χ0n) is 12.1. The molecule has 0 amide bonds. The third-order valence-corrected chi connectivity index (χ3v) is 4.57. The maximum atomic E-state index is 12.4. The lowest BCUT2D eigenvalue weighted by atomic mass is 10.0. The number of benzene rings is 1. The highest BCUT2D eigenvalue weighted by Gasteiger charge is 2.56. The Labute approximate surface area is 128 Å². The summed E-state index contributed by atoms with van der Waals surface area (Å²) >= 11 is 1.22. The first-order chi connectivity index (χ1) is 9.89. The molecule has 1 aliphatic heterocycles. The fraction of sp³-hybridized carbons (Fsp3) is 0.375. The molecule has 5 heteroatoms. The molecule has 112 valence electrons. The standard InChI is InChI=1S/C16H18O4S/c1-4-10-16(21-11-12-8-6-5-7-9-12)13(17)19-15(2,3)20-14(16)18/h4-9H,1,10-11H2,2-3H3. The van der Waals surface area contributed by atoms with Crippen LogP contribution >= 0.6 is 11.8 Å². The predicted octanol–water partition coefficient (Wildman–Crippen LogP) is 3.07. The second kappa shape index (κ2) is 5.93. The second-order valence-electron chi connectivity index (χ2n) is 5.27. The van der Waals surface area contributed by atoms with Crippen molar-refractivity contribution in [1.82, 2.24) is 0 Å². The Balaban J connectivity index is 2.22. The van der Waals surface area contributed by atoms with Gasteiger partial charge in [-0.05, 0) is 5.56 Å². The summed E-state index contributed by atoms with van der Waals surface area (Å²) in [5.74, 6) is -1.83. The molecule has 0 aliphatic carbocycles. The predicted molar refractivity (Wildman–Crippen MR) is 81.5 cm³/mol. The average molecular weight is 306 g/mol. The Hall–Kier alpha value is -1.75. The zero-order valence-corrected chi connectivity index (χ0v) is 12.9. The molecule has 2 rings (SSSR count). The Morgan fingerprint density at radius 2 is 1.71 bits per heavy atom. The maximum Gasteiger partial charge on any atom is 0.337 e. The highest BCUT2D eigenvalue weighted by Crippen LogP contribution is 2.40. The third kappa shape index (κ3) is 3.29. The van der Waals surface area contributed by atoms with Crippen molar-refractivity contribution in [2.24, 2.45) is 0 Å². The normalized spacial score (nSPS) is 19.5. The molecule has 0 radical (unpaired) electrons. The minimum atomic E-state index is -1.37. The van der Waals surface area contributed by atoms with E-state index < -0.39 is 22.5 Å². The molecule has 1 saturated heterocycles. The summed E-state index contributed by atoms with van der Waals surface area (Å²) in [4.78, 5) is 24.7. The molecule has 1 aromatic carbocycles. The van der Waals surface area contributed by atoms with Crippen molar-refractivity contribution in [3.8, 4) is 0 Å². The summed E-state index contributed by atoms with van der Waals surface area (Å²) in [5.41, 5.74) is 1.02. The number of hydrogen-bond acceptors (Lipinski definition) is 5. The van der Waals surface area contributed by atoms with Gasteiger partial charge in [-0.25, -0.2) is 9.59 Å². The summed E-state index contributed by atoms with van der Waals surface area (Å²) in [7, 11) is 0. The van der Waals surface area contributed by atoms with Gasteiger partial charge in [-0.2, -0.15) is 0 Å². The van der Waals surface area contributed by atoms with Crippen LogP contribution in [0, 0.1) is 0 Å². The molecule has 0 spiro atoms. The molecule has 21 heavy (non-hydrogen) atoms. The lowest BCUT2D eigenvalue weighted by Gasteiger charge is -2.39. The van der Waals surface area contributed by atoms with Crippen LogP contribution < -0.4 is 0 Å². The number of carbonyl (C=O) groups excluding carboxylic acids is 2. The summed E-state index contributed by atoms with van der Waals surface area (Å²) in [6, 6.07) is 9.63. The van der Waals surface area contributed by atoms with Gasteiger partial charge in [0.2, 0.25) is 4.75 Å². The highest BCUT2D eigenvalue weighted by atomic mass is 32.2. The van der Waals surface area contributed by atoms with Gasteiger partial charge in [0.25, 0.3) is 5.79 Å². The number of thioether (sulfide) groups is 1. The Morgan fingerprint density at radius 1 is 1.14 bits per heavy atom. The van der Waals surface area contributed by atoms with Gasteiger partial charge >= 0.3 is 11.9 Å². The van der Waals surface area contributed by atoms with E-state index in [9.17, 15) is 9.59 Å². The van der Waals surface area contributed by atoms with Crippen molar-refractivity contribution >= 4 is 23.7 Å². The summed E-state index contributed by atoms with van der Waals surface area (Å²) < 4.78 is 9.13. The number of allylic oxidation sites excluding steroid dienone is 1. The fourth-order valence-corrected chi connectivity index (χ4v) is 3.20. The van der Waals surface area contributed by atoms with Gasteiger partial charge < -0.3 is 9.47 Å². The van der Waals surface area contributed by atoms with E-state index in [1.54, 1.807) is 19.9 Å². The van der Waals surface area contributed by atoms with E-state index in [1.165, 1.54) is 11.8 Å². The molecule has 4 nitrogen and oxygen atoms in total. The molecule has 0 N–H and O–H groups in total. The molecule has 0 bridgehead atoms. The van der Waals surface area contributed by atoms with E-state index in [4.69, 9.17) is 9.47 Å². The van der Waals surface area contributed by atoms with E-state index in [1.807, 2.05) is 30.3 Å². The molecule has 1 aliphatic rings. The largest absolute Gasteiger partial charge is 0.422 e. The van der Waals surface area contributed by atoms with Crippen molar-refractivity contribution in [3.63, 3.8) is 0 Å². The van der Waals surface area contributed by atoms with Crippen molar-refractivity contribution in [2.75, 3.05) is 0 Å². The van der Waals surface area contributed by atoms with Crippen molar-refractivity contribution in [2.45, 2.75) is 36.6 Å². The molecule has 0 unspecified atom stereocenters. The van der Waals surface area contributed by atoms with Crippen LogP contribution in [0.1, 0.15) is 25.8 Å². The van der Waals surface area contributed by atoms with E-state index in [0.29, 0.717) is 5.75 Å². The smallest absolute Gasteiger partial charge is 0.337 e. The number of cyclic esters (lactones) is 2. The molecule has 1 aromatic rings. The average Bonchev–Trinajstić information content (AvgIpc) is 2.42. The molecular weight excluding hydrogens is 288 g/mol. The van der Waals surface area contributed by atoms with Crippen LogP contribution in [0.25, 0.3) is 0 Å².